The minimum Gasteiger partial charge on any atom is -0.289 e. The van der Waals surface area contributed by atoms with Gasteiger partial charge in [0.25, 0.3) is 10.0 Å². The van der Waals surface area contributed by atoms with Gasteiger partial charge in [-0.3, -0.25) is 9.10 Å². The first-order chi connectivity index (χ1) is 13.5. The van der Waals surface area contributed by atoms with Crippen LogP contribution in [0, 0.1) is 6.92 Å². The summed E-state index contributed by atoms with van der Waals surface area (Å²) in [6.45, 7) is 1.91. The van der Waals surface area contributed by atoms with E-state index in [9.17, 15) is 13.2 Å². The van der Waals surface area contributed by atoms with Crippen LogP contribution in [0.25, 0.3) is 6.08 Å². The van der Waals surface area contributed by atoms with Crippen LogP contribution in [0.4, 0.5) is 5.69 Å². The van der Waals surface area contributed by atoms with E-state index in [2.05, 4.69) is 0 Å². The Bertz CT molecular complexity index is 1160. The Labute approximate surface area is 164 Å². The molecule has 1 heterocycles. The fourth-order valence-electron chi connectivity index (χ4n) is 3.28. The first-order valence-electron chi connectivity index (χ1n) is 8.95. The highest BCUT2D eigenvalue weighted by Crippen LogP contribution is 2.34. The van der Waals surface area contributed by atoms with Crippen molar-refractivity contribution in [1.29, 1.82) is 0 Å². The molecule has 0 N–H and O–H groups in total. The van der Waals surface area contributed by atoms with Gasteiger partial charge in [0.2, 0.25) is 0 Å². The van der Waals surface area contributed by atoms with Crippen molar-refractivity contribution in [2.75, 3.05) is 10.8 Å². The van der Waals surface area contributed by atoms with Gasteiger partial charge < -0.3 is 0 Å². The van der Waals surface area contributed by atoms with E-state index in [1.165, 1.54) is 4.31 Å². The van der Waals surface area contributed by atoms with Gasteiger partial charge in [-0.1, -0.05) is 60.2 Å². The van der Waals surface area contributed by atoms with E-state index < -0.39 is 10.0 Å². The highest BCUT2D eigenvalue weighted by molar-refractivity contribution is 7.92. The highest BCUT2D eigenvalue weighted by Gasteiger charge is 2.34. The van der Waals surface area contributed by atoms with Crippen molar-refractivity contribution in [3.05, 3.63) is 101 Å². The SMILES string of the molecule is Cc1ccc(S(=O)(=O)N2C/C(=C\c3ccccc3)C(=O)c3ccccc32)cc1. The van der Waals surface area contributed by atoms with Gasteiger partial charge in [-0.15, -0.1) is 0 Å². The maximum absolute atomic E-state index is 13.4. The van der Waals surface area contributed by atoms with Gasteiger partial charge in [0, 0.05) is 11.1 Å². The Kier molecular flexibility index (Phi) is 4.61. The van der Waals surface area contributed by atoms with Crippen molar-refractivity contribution in [3.8, 4) is 0 Å². The summed E-state index contributed by atoms with van der Waals surface area (Å²) in [6, 6.07) is 23.0. The number of hydrogen-bond donors (Lipinski definition) is 0. The lowest BCUT2D eigenvalue weighted by Gasteiger charge is -2.31. The molecule has 28 heavy (non-hydrogen) atoms. The number of sulfonamides is 1. The summed E-state index contributed by atoms with van der Waals surface area (Å²) >= 11 is 0. The van der Waals surface area contributed by atoms with Crippen LogP contribution in [0.2, 0.25) is 0 Å². The van der Waals surface area contributed by atoms with Gasteiger partial charge in [0.05, 0.1) is 17.1 Å². The minimum atomic E-state index is -3.80. The van der Waals surface area contributed by atoms with Crippen molar-refractivity contribution >= 4 is 27.6 Å². The Morgan fingerprint density at radius 3 is 2.21 bits per heavy atom. The Morgan fingerprint density at radius 1 is 0.857 bits per heavy atom. The number of para-hydroxylation sites is 1. The van der Waals surface area contributed by atoms with Gasteiger partial charge in [-0.05, 0) is 42.8 Å². The van der Waals surface area contributed by atoms with Crippen LogP contribution in [0.1, 0.15) is 21.5 Å². The highest BCUT2D eigenvalue weighted by atomic mass is 32.2. The van der Waals surface area contributed by atoms with Crippen LogP contribution in [-0.4, -0.2) is 20.7 Å². The fourth-order valence-corrected chi connectivity index (χ4v) is 4.74. The Balaban J connectivity index is 1.85. The average molecular weight is 389 g/mol. The lowest BCUT2D eigenvalue weighted by Crippen LogP contribution is -2.38. The molecule has 0 atom stereocenters. The van der Waals surface area contributed by atoms with Crippen LogP contribution in [0.3, 0.4) is 0 Å². The Hall–Kier alpha value is -3.18. The molecule has 4 nitrogen and oxygen atoms in total. The minimum absolute atomic E-state index is 0.000943. The molecule has 1 aliphatic rings. The standard InChI is InChI=1S/C23H19NO3S/c1-17-11-13-20(14-12-17)28(26,27)24-16-19(15-18-7-3-2-4-8-18)23(25)21-9-5-6-10-22(21)24/h2-15H,16H2,1H3/b19-15+. The van der Waals surface area contributed by atoms with Crippen LogP contribution in [-0.2, 0) is 10.0 Å². The van der Waals surface area contributed by atoms with Gasteiger partial charge in [-0.2, -0.15) is 0 Å². The molecule has 3 aromatic rings. The summed E-state index contributed by atoms with van der Waals surface area (Å²) in [7, 11) is -3.80. The van der Waals surface area contributed by atoms with E-state index in [1.807, 2.05) is 37.3 Å². The monoisotopic (exact) mass is 389 g/mol. The van der Waals surface area contributed by atoms with Gasteiger partial charge in [0.15, 0.2) is 5.78 Å². The second-order valence-electron chi connectivity index (χ2n) is 6.75. The number of fused-ring (bicyclic) bond motifs is 1. The summed E-state index contributed by atoms with van der Waals surface area (Å²) in [5, 5.41) is 0. The zero-order chi connectivity index (χ0) is 19.7. The number of anilines is 1. The van der Waals surface area contributed by atoms with E-state index in [1.54, 1.807) is 54.6 Å². The molecule has 0 aliphatic carbocycles. The van der Waals surface area contributed by atoms with E-state index in [4.69, 9.17) is 0 Å². The molecule has 0 bridgehead atoms. The predicted octanol–water partition coefficient (Wildman–Crippen LogP) is 4.47. The maximum Gasteiger partial charge on any atom is 0.264 e. The van der Waals surface area contributed by atoms with Crippen LogP contribution in [0.5, 0.6) is 0 Å². The number of aryl methyl sites for hydroxylation is 1. The van der Waals surface area contributed by atoms with E-state index >= 15 is 0 Å². The summed E-state index contributed by atoms with van der Waals surface area (Å²) in [4.78, 5) is 13.2. The lowest BCUT2D eigenvalue weighted by atomic mass is 9.96. The summed E-state index contributed by atoms with van der Waals surface area (Å²) in [6.07, 6.45) is 1.76. The molecule has 0 fully saturated rings. The zero-order valence-corrected chi connectivity index (χ0v) is 16.2. The average Bonchev–Trinajstić information content (AvgIpc) is 2.71. The van der Waals surface area contributed by atoms with Gasteiger partial charge in [-0.25, -0.2) is 8.42 Å². The molecule has 0 radical (unpaired) electrons. The molecule has 0 amide bonds. The predicted molar refractivity (Wildman–Crippen MR) is 111 cm³/mol. The molecular formula is C23H19NO3S. The van der Waals surface area contributed by atoms with Crippen molar-refractivity contribution in [1.82, 2.24) is 0 Å². The van der Waals surface area contributed by atoms with Crippen LogP contribution < -0.4 is 4.31 Å². The van der Waals surface area contributed by atoms with Crippen molar-refractivity contribution in [3.63, 3.8) is 0 Å². The van der Waals surface area contributed by atoms with Crippen molar-refractivity contribution < 1.29 is 13.2 Å². The molecule has 4 rings (SSSR count). The lowest BCUT2D eigenvalue weighted by molar-refractivity contribution is 0.103. The second-order valence-corrected chi connectivity index (χ2v) is 8.61. The Morgan fingerprint density at radius 2 is 1.50 bits per heavy atom. The van der Waals surface area contributed by atoms with Crippen LogP contribution >= 0.6 is 0 Å². The quantitative estimate of drug-likeness (QED) is 0.621. The van der Waals surface area contributed by atoms with Crippen molar-refractivity contribution in [2.45, 2.75) is 11.8 Å². The molecular weight excluding hydrogens is 370 g/mol. The molecule has 0 saturated heterocycles. The first kappa shape index (κ1) is 18.2. The topological polar surface area (TPSA) is 54.5 Å². The second kappa shape index (κ2) is 7.09. The first-order valence-corrected chi connectivity index (χ1v) is 10.4. The summed E-state index contributed by atoms with van der Waals surface area (Å²) in [5.74, 6) is -0.144. The number of carbonyl (C=O) groups excluding carboxylic acids is 1. The molecule has 0 aromatic heterocycles. The number of rotatable bonds is 3. The summed E-state index contributed by atoms with van der Waals surface area (Å²) < 4.78 is 28.0. The number of benzene rings is 3. The molecule has 5 heteroatoms. The molecule has 3 aromatic carbocycles. The molecule has 0 spiro atoms. The normalized spacial score (nSPS) is 15.5. The third kappa shape index (κ3) is 3.25. The smallest absolute Gasteiger partial charge is 0.264 e. The van der Waals surface area contributed by atoms with E-state index in [0.29, 0.717) is 16.8 Å². The zero-order valence-electron chi connectivity index (χ0n) is 15.4. The maximum atomic E-state index is 13.4. The van der Waals surface area contributed by atoms with Gasteiger partial charge >= 0.3 is 0 Å². The van der Waals surface area contributed by atoms with Crippen molar-refractivity contribution in [2.24, 2.45) is 0 Å². The van der Waals surface area contributed by atoms with E-state index in [0.717, 1.165) is 11.1 Å². The molecule has 140 valence electrons. The third-order valence-corrected chi connectivity index (χ3v) is 6.55. The van der Waals surface area contributed by atoms with Crippen LogP contribution in [0.15, 0.2) is 89.3 Å². The number of carbonyl (C=O) groups is 1. The number of nitrogens with zero attached hydrogens (tertiary/aromatic N) is 1. The van der Waals surface area contributed by atoms with Gasteiger partial charge in [0.1, 0.15) is 0 Å². The molecule has 0 unspecified atom stereocenters. The molecule has 0 saturated carbocycles. The fraction of sp³-hybridized carbons (Fsp3) is 0.0870. The summed E-state index contributed by atoms with van der Waals surface area (Å²) in [5.41, 5.74) is 3.10. The van der Waals surface area contributed by atoms with E-state index in [-0.39, 0.29) is 17.2 Å². The third-order valence-electron chi connectivity index (χ3n) is 4.77. The number of ketones is 1. The number of hydrogen-bond acceptors (Lipinski definition) is 3. The number of Topliss-reactive ketones (excluding diaryl/α,β-unsaturated/α-hetero) is 1. The molecule has 1 aliphatic heterocycles. The largest absolute Gasteiger partial charge is 0.289 e.